The highest BCUT2D eigenvalue weighted by Crippen LogP contribution is 2.31. The largest absolute Gasteiger partial charge is 0.371 e. The lowest BCUT2D eigenvalue weighted by atomic mass is 9.88. The Balaban J connectivity index is 2.77. The van der Waals surface area contributed by atoms with Gasteiger partial charge in [-0.1, -0.05) is 20.8 Å². The Labute approximate surface area is 110 Å². The molecule has 0 aromatic heterocycles. The molecule has 0 radical (unpaired) electrons. The number of ether oxygens (including phenoxy) is 1. The average molecular weight is 252 g/mol. The summed E-state index contributed by atoms with van der Waals surface area (Å²) < 4.78 is 5.38. The molecular formula is C14H24N2O2. The van der Waals surface area contributed by atoms with Crippen LogP contribution in [0.25, 0.3) is 0 Å². The van der Waals surface area contributed by atoms with Crippen molar-refractivity contribution in [2.45, 2.75) is 52.7 Å². The van der Waals surface area contributed by atoms with Gasteiger partial charge in [-0.2, -0.15) is 5.26 Å². The van der Waals surface area contributed by atoms with E-state index < -0.39 is 6.10 Å². The van der Waals surface area contributed by atoms with Gasteiger partial charge >= 0.3 is 0 Å². The summed E-state index contributed by atoms with van der Waals surface area (Å²) >= 11 is 0. The fourth-order valence-electron chi connectivity index (χ4n) is 2.68. The first-order valence-electron chi connectivity index (χ1n) is 6.53. The van der Waals surface area contributed by atoms with Crippen LogP contribution in [0.4, 0.5) is 0 Å². The number of nitriles is 1. The van der Waals surface area contributed by atoms with Crippen molar-refractivity contribution < 1.29 is 9.53 Å². The molecule has 18 heavy (non-hydrogen) atoms. The van der Waals surface area contributed by atoms with Crippen LogP contribution in [0, 0.1) is 22.7 Å². The Morgan fingerprint density at radius 3 is 2.61 bits per heavy atom. The number of nitrogens with zero attached hydrogens (tertiary/aromatic N) is 2. The third kappa shape index (κ3) is 3.02. The molecule has 1 aliphatic rings. The number of hydrogen-bond donors (Lipinski definition) is 0. The van der Waals surface area contributed by atoms with Gasteiger partial charge in [0.05, 0.1) is 6.07 Å². The molecule has 1 heterocycles. The third-order valence-corrected chi connectivity index (χ3v) is 3.80. The van der Waals surface area contributed by atoms with E-state index in [1.54, 1.807) is 7.11 Å². The van der Waals surface area contributed by atoms with E-state index in [4.69, 9.17) is 10.00 Å². The van der Waals surface area contributed by atoms with Gasteiger partial charge in [0.2, 0.25) is 0 Å². The predicted molar refractivity (Wildman–Crippen MR) is 69.8 cm³/mol. The summed E-state index contributed by atoms with van der Waals surface area (Å²) in [5.41, 5.74) is -0.209. The molecule has 0 saturated carbocycles. The molecule has 0 aromatic rings. The van der Waals surface area contributed by atoms with Crippen molar-refractivity contribution in [1.29, 1.82) is 5.26 Å². The van der Waals surface area contributed by atoms with Gasteiger partial charge in [0.25, 0.3) is 5.91 Å². The van der Waals surface area contributed by atoms with Crippen LogP contribution in [0.5, 0.6) is 0 Å². The van der Waals surface area contributed by atoms with E-state index in [1.807, 2.05) is 32.6 Å². The van der Waals surface area contributed by atoms with Crippen molar-refractivity contribution in [2.75, 3.05) is 13.7 Å². The molecule has 0 N–H and O–H groups in total. The second kappa shape index (κ2) is 5.71. The molecule has 2 unspecified atom stereocenters. The molecule has 4 heteroatoms. The minimum absolute atomic E-state index is 0.0536. The fourth-order valence-corrected chi connectivity index (χ4v) is 2.68. The Kier molecular flexibility index (Phi) is 4.75. The van der Waals surface area contributed by atoms with Gasteiger partial charge in [-0.15, -0.1) is 0 Å². The summed E-state index contributed by atoms with van der Waals surface area (Å²) in [6.45, 7) is 8.79. The highest BCUT2D eigenvalue weighted by Gasteiger charge is 2.40. The standard InChI is InChI=1S/C14H24N2O2/c1-10-11(6-8-15)7-9-16(10)13(17)12(18-5)14(2,3)4/h10-12H,6-7,9H2,1-5H3/t10?,11?,12-/m1/s1. The normalized spacial score (nSPS) is 25.9. The van der Waals surface area contributed by atoms with E-state index in [0.29, 0.717) is 12.3 Å². The number of likely N-dealkylation sites (tertiary alicyclic amines) is 1. The lowest BCUT2D eigenvalue weighted by Gasteiger charge is -2.34. The van der Waals surface area contributed by atoms with Gasteiger partial charge in [-0.3, -0.25) is 4.79 Å². The molecule has 1 fully saturated rings. The number of carbonyl (C=O) groups excluding carboxylic acids is 1. The highest BCUT2D eigenvalue weighted by molar-refractivity contribution is 5.82. The number of hydrogen-bond acceptors (Lipinski definition) is 3. The van der Waals surface area contributed by atoms with Gasteiger partial charge in [0, 0.05) is 26.1 Å². The zero-order valence-corrected chi connectivity index (χ0v) is 12.1. The van der Waals surface area contributed by atoms with Crippen LogP contribution in [0.2, 0.25) is 0 Å². The summed E-state index contributed by atoms with van der Waals surface area (Å²) in [6.07, 6.45) is 1.03. The van der Waals surface area contributed by atoms with Crippen molar-refractivity contribution in [3.05, 3.63) is 0 Å². The van der Waals surface area contributed by atoms with Crippen molar-refractivity contribution in [1.82, 2.24) is 4.90 Å². The molecule has 1 aliphatic heterocycles. The van der Waals surface area contributed by atoms with Crippen LogP contribution >= 0.6 is 0 Å². The van der Waals surface area contributed by atoms with Crippen molar-refractivity contribution in [3.8, 4) is 6.07 Å². The molecule has 1 rings (SSSR count). The van der Waals surface area contributed by atoms with Crippen LogP contribution < -0.4 is 0 Å². The second-order valence-corrected chi connectivity index (χ2v) is 6.16. The van der Waals surface area contributed by atoms with Crippen LogP contribution in [0.15, 0.2) is 0 Å². The first-order valence-corrected chi connectivity index (χ1v) is 6.53. The highest BCUT2D eigenvalue weighted by atomic mass is 16.5. The lowest BCUT2D eigenvalue weighted by Crippen LogP contribution is -2.48. The van der Waals surface area contributed by atoms with E-state index in [0.717, 1.165) is 13.0 Å². The zero-order chi connectivity index (χ0) is 13.9. The van der Waals surface area contributed by atoms with Crippen LogP contribution in [-0.4, -0.2) is 36.6 Å². The van der Waals surface area contributed by atoms with E-state index in [1.165, 1.54) is 0 Å². The average Bonchev–Trinajstić information content (AvgIpc) is 2.60. The molecule has 1 amide bonds. The van der Waals surface area contributed by atoms with Crippen LogP contribution in [0.3, 0.4) is 0 Å². The van der Waals surface area contributed by atoms with Crippen LogP contribution in [0.1, 0.15) is 40.5 Å². The number of carbonyl (C=O) groups is 1. The smallest absolute Gasteiger partial charge is 0.252 e. The zero-order valence-electron chi connectivity index (χ0n) is 12.1. The fraction of sp³-hybridized carbons (Fsp3) is 0.857. The maximum absolute atomic E-state index is 12.5. The number of amides is 1. The SMILES string of the molecule is CO[C@H](C(=O)N1CCC(CC#N)C1C)C(C)(C)C. The first kappa shape index (κ1) is 15.0. The summed E-state index contributed by atoms with van der Waals surface area (Å²) in [5.74, 6) is 0.356. The maximum Gasteiger partial charge on any atom is 0.252 e. The summed E-state index contributed by atoms with van der Waals surface area (Å²) in [7, 11) is 1.58. The Bertz CT molecular complexity index is 341. The van der Waals surface area contributed by atoms with Crippen molar-refractivity contribution >= 4 is 5.91 Å². The van der Waals surface area contributed by atoms with Gasteiger partial charge < -0.3 is 9.64 Å². The van der Waals surface area contributed by atoms with Gasteiger partial charge in [-0.05, 0) is 24.7 Å². The first-order chi connectivity index (χ1) is 8.32. The third-order valence-electron chi connectivity index (χ3n) is 3.80. The maximum atomic E-state index is 12.5. The molecule has 1 saturated heterocycles. The topological polar surface area (TPSA) is 53.3 Å². The Morgan fingerprint density at radius 1 is 1.56 bits per heavy atom. The van der Waals surface area contributed by atoms with Crippen LogP contribution in [-0.2, 0) is 9.53 Å². The molecule has 0 aromatic carbocycles. The van der Waals surface area contributed by atoms with Gasteiger partial charge in [0.1, 0.15) is 6.10 Å². The van der Waals surface area contributed by atoms with E-state index in [9.17, 15) is 4.79 Å². The molecule has 0 aliphatic carbocycles. The minimum atomic E-state index is -0.416. The van der Waals surface area contributed by atoms with E-state index in [-0.39, 0.29) is 17.4 Å². The molecule has 4 nitrogen and oxygen atoms in total. The van der Waals surface area contributed by atoms with Gasteiger partial charge in [0.15, 0.2) is 0 Å². The Morgan fingerprint density at radius 2 is 2.17 bits per heavy atom. The Hall–Kier alpha value is -1.08. The molecule has 0 spiro atoms. The predicted octanol–water partition coefficient (Wildman–Crippen LogP) is 2.20. The second-order valence-electron chi connectivity index (χ2n) is 6.16. The van der Waals surface area contributed by atoms with Crippen molar-refractivity contribution in [3.63, 3.8) is 0 Å². The van der Waals surface area contributed by atoms with Gasteiger partial charge in [-0.25, -0.2) is 0 Å². The lowest BCUT2D eigenvalue weighted by molar-refractivity contribution is -0.149. The number of rotatable bonds is 3. The summed E-state index contributed by atoms with van der Waals surface area (Å²) in [4.78, 5) is 14.4. The summed E-state index contributed by atoms with van der Waals surface area (Å²) in [5, 5.41) is 8.78. The number of methoxy groups -OCH3 is 1. The molecular weight excluding hydrogens is 228 g/mol. The van der Waals surface area contributed by atoms with E-state index in [2.05, 4.69) is 6.07 Å². The molecule has 0 bridgehead atoms. The quantitative estimate of drug-likeness (QED) is 0.773. The minimum Gasteiger partial charge on any atom is -0.371 e. The summed E-state index contributed by atoms with van der Waals surface area (Å²) in [6, 6.07) is 2.34. The molecule has 3 atom stereocenters. The van der Waals surface area contributed by atoms with E-state index >= 15 is 0 Å². The monoisotopic (exact) mass is 252 g/mol. The van der Waals surface area contributed by atoms with Crippen molar-refractivity contribution in [2.24, 2.45) is 11.3 Å². The molecule has 102 valence electrons.